The smallest absolute Gasteiger partial charge is 0.338 e. The summed E-state index contributed by atoms with van der Waals surface area (Å²) in [6, 6.07) is 11.0. The van der Waals surface area contributed by atoms with Crippen molar-refractivity contribution < 1.29 is 27.5 Å². The van der Waals surface area contributed by atoms with E-state index in [1.54, 1.807) is 19.9 Å². The van der Waals surface area contributed by atoms with Gasteiger partial charge >= 0.3 is 11.6 Å². The van der Waals surface area contributed by atoms with E-state index in [0.717, 1.165) is 0 Å². The van der Waals surface area contributed by atoms with Gasteiger partial charge in [-0.1, -0.05) is 13.8 Å². The predicted octanol–water partition coefficient (Wildman–Crippen LogP) is 2.89. The third kappa shape index (κ3) is 4.37. The molecule has 0 radical (unpaired) electrons. The number of esters is 1. The Labute approximate surface area is 173 Å². The molecule has 3 aromatic rings. The van der Waals surface area contributed by atoms with Gasteiger partial charge in [0.2, 0.25) is 10.0 Å². The molecule has 0 saturated carbocycles. The molecule has 1 heterocycles. The first-order valence-electron chi connectivity index (χ1n) is 9.29. The lowest BCUT2D eigenvalue weighted by atomic mass is 10.1. The Balaban J connectivity index is 1.78. The molecule has 0 saturated heterocycles. The Kier molecular flexibility index (Phi) is 6.23. The highest BCUT2D eigenvalue weighted by Gasteiger charge is 2.22. The van der Waals surface area contributed by atoms with E-state index in [2.05, 4.69) is 0 Å². The summed E-state index contributed by atoms with van der Waals surface area (Å²) in [6.07, 6.45) is 0. The minimum absolute atomic E-state index is 0.0560. The molecule has 0 atom stereocenters. The van der Waals surface area contributed by atoms with Crippen LogP contribution in [0.4, 0.5) is 0 Å². The normalized spacial score (nSPS) is 11.7. The SMILES string of the molecule is CCN(CC)S(=O)(=O)c1ccc(C(=O)OCc2cc(=O)oc3cc(O)ccc23)cc1. The molecule has 3 rings (SSSR count). The van der Waals surface area contributed by atoms with Crippen LogP contribution in [-0.2, 0) is 21.4 Å². The van der Waals surface area contributed by atoms with Crippen LogP contribution in [0.15, 0.2) is 62.6 Å². The zero-order valence-electron chi connectivity index (χ0n) is 16.5. The summed E-state index contributed by atoms with van der Waals surface area (Å²) >= 11 is 0. The largest absolute Gasteiger partial charge is 0.508 e. The zero-order chi connectivity index (χ0) is 21.9. The Morgan fingerprint density at radius 1 is 1.07 bits per heavy atom. The molecule has 30 heavy (non-hydrogen) atoms. The van der Waals surface area contributed by atoms with Crippen molar-refractivity contribution in [3.63, 3.8) is 0 Å². The minimum atomic E-state index is -3.62. The molecule has 0 aliphatic rings. The lowest BCUT2D eigenvalue weighted by Crippen LogP contribution is -2.30. The van der Waals surface area contributed by atoms with E-state index in [1.807, 2.05) is 0 Å². The maximum atomic E-state index is 12.5. The number of benzene rings is 2. The van der Waals surface area contributed by atoms with Gasteiger partial charge in [-0.2, -0.15) is 4.31 Å². The first-order chi connectivity index (χ1) is 14.3. The van der Waals surface area contributed by atoms with Crippen LogP contribution in [0, 0.1) is 0 Å². The summed E-state index contributed by atoms with van der Waals surface area (Å²) in [5.74, 6) is -0.721. The molecule has 0 spiro atoms. The second-order valence-corrected chi connectivity index (χ2v) is 8.40. The van der Waals surface area contributed by atoms with Gasteiger partial charge in [-0.05, 0) is 36.4 Å². The Morgan fingerprint density at radius 3 is 2.37 bits per heavy atom. The van der Waals surface area contributed by atoms with Gasteiger partial charge < -0.3 is 14.3 Å². The van der Waals surface area contributed by atoms with Gasteiger partial charge in [-0.3, -0.25) is 0 Å². The van der Waals surface area contributed by atoms with Gasteiger partial charge in [0.05, 0.1) is 10.5 Å². The van der Waals surface area contributed by atoms with Crippen LogP contribution in [0.5, 0.6) is 5.75 Å². The Bertz CT molecular complexity index is 1230. The van der Waals surface area contributed by atoms with Crippen molar-refractivity contribution in [2.45, 2.75) is 25.3 Å². The number of carbonyl (C=O) groups excluding carboxylic acids is 1. The van der Waals surface area contributed by atoms with Crippen molar-refractivity contribution in [1.82, 2.24) is 4.31 Å². The molecule has 0 unspecified atom stereocenters. The van der Waals surface area contributed by atoms with Crippen molar-refractivity contribution in [2.24, 2.45) is 0 Å². The van der Waals surface area contributed by atoms with Crippen LogP contribution < -0.4 is 5.63 Å². The second-order valence-electron chi connectivity index (χ2n) is 6.46. The van der Waals surface area contributed by atoms with Crippen LogP contribution in [0.1, 0.15) is 29.8 Å². The molecule has 0 fully saturated rings. The second kappa shape index (κ2) is 8.68. The number of fused-ring (bicyclic) bond motifs is 1. The molecule has 0 bridgehead atoms. The van der Waals surface area contributed by atoms with Crippen molar-refractivity contribution in [2.75, 3.05) is 13.1 Å². The molecule has 0 aliphatic carbocycles. The van der Waals surface area contributed by atoms with Gasteiger partial charge in [0, 0.05) is 36.2 Å². The maximum Gasteiger partial charge on any atom is 0.338 e. The minimum Gasteiger partial charge on any atom is -0.508 e. The topological polar surface area (TPSA) is 114 Å². The summed E-state index contributed by atoms with van der Waals surface area (Å²) in [7, 11) is -3.62. The molecule has 0 amide bonds. The first-order valence-corrected chi connectivity index (χ1v) is 10.7. The molecule has 9 heteroatoms. The van der Waals surface area contributed by atoms with Crippen LogP contribution in [-0.4, -0.2) is 36.9 Å². The molecular formula is C21H21NO7S. The number of ether oxygens (including phenoxy) is 1. The molecule has 158 valence electrons. The first kappa shape index (κ1) is 21.5. The standard InChI is InChI=1S/C21H21NO7S/c1-3-22(4-2)30(26,27)17-8-5-14(6-9-17)21(25)28-13-15-11-20(24)29-19-12-16(23)7-10-18(15)19/h5-12,23H,3-4,13H2,1-2H3. The third-order valence-electron chi connectivity index (χ3n) is 4.61. The van der Waals surface area contributed by atoms with E-state index >= 15 is 0 Å². The lowest BCUT2D eigenvalue weighted by Gasteiger charge is -2.18. The fourth-order valence-electron chi connectivity index (χ4n) is 3.04. The van der Waals surface area contributed by atoms with E-state index < -0.39 is 21.6 Å². The van der Waals surface area contributed by atoms with Crippen molar-refractivity contribution in [1.29, 1.82) is 0 Å². The summed E-state index contributed by atoms with van der Waals surface area (Å²) < 4.78 is 36.7. The monoisotopic (exact) mass is 431 g/mol. The molecule has 2 aromatic carbocycles. The van der Waals surface area contributed by atoms with Crippen molar-refractivity contribution >= 4 is 27.0 Å². The number of rotatable bonds is 7. The summed E-state index contributed by atoms with van der Waals surface area (Å²) in [5.41, 5.74) is 0.151. The Hall–Kier alpha value is -3.17. The fourth-order valence-corrected chi connectivity index (χ4v) is 4.50. The number of sulfonamides is 1. The highest BCUT2D eigenvalue weighted by Crippen LogP contribution is 2.23. The van der Waals surface area contributed by atoms with Gasteiger partial charge in [0.1, 0.15) is 17.9 Å². The highest BCUT2D eigenvalue weighted by atomic mass is 32.2. The number of hydrogen-bond donors (Lipinski definition) is 1. The predicted molar refractivity (Wildman–Crippen MR) is 110 cm³/mol. The average molecular weight is 431 g/mol. The molecule has 1 aromatic heterocycles. The number of aromatic hydroxyl groups is 1. The van der Waals surface area contributed by atoms with Gasteiger partial charge in [-0.25, -0.2) is 18.0 Å². The van der Waals surface area contributed by atoms with Gasteiger partial charge in [-0.15, -0.1) is 0 Å². The van der Waals surface area contributed by atoms with E-state index in [9.17, 15) is 23.1 Å². The van der Waals surface area contributed by atoms with E-state index in [1.165, 1.54) is 46.8 Å². The molecule has 8 nitrogen and oxygen atoms in total. The summed E-state index contributed by atoms with van der Waals surface area (Å²) in [4.78, 5) is 24.2. The number of phenolic OH excluding ortho intramolecular Hbond substituents is 1. The van der Waals surface area contributed by atoms with Crippen molar-refractivity contribution in [3.8, 4) is 5.75 Å². The number of phenols is 1. The molecular weight excluding hydrogens is 410 g/mol. The van der Waals surface area contributed by atoms with Crippen LogP contribution in [0.2, 0.25) is 0 Å². The summed E-state index contributed by atoms with van der Waals surface area (Å²) in [6.45, 7) is 4.01. The molecule has 1 N–H and O–H groups in total. The van der Waals surface area contributed by atoms with Crippen molar-refractivity contribution in [3.05, 3.63) is 70.1 Å². The van der Waals surface area contributed by atoms with E-state index in [-0.39, 0.29) is 28.4 Å². The number of carbonyl (C=O) groups is 1. The lowest BCUT2D eigenvalue weighted by molar-refractivity contribution is 0.0473. The zero-order valence-corrected chi connectivity index (χ0v) is 17.3. The van der Waals surface area contributed by atoms with Crippen LogP contribution >= 0.6 is 0 Å². The van der Waals surface area contributed by atoms with Crippen LogP contribution in [0.3, 0.4) is 0 Å². The van der Waals surface area contributed by atoms with Crippen LogP contribution in [0.25, 0.3) is 11.0 Å². The highest BCUT2D eigenvalue weighted by molar-refractivity contribution is 7.89. The molecule has 0 aliphatic heterocycles. The summed E-state index contributed by atoms with van der Waals surface area (Å²) in [5, 5.41) is 10.1. The van der Waals surface area contributed by atoms with Gasteiger partial charge in [0.25, 0.3) is 0 Å². The maximum absolute atomic E-state index is 12.5. The van der Waals surface area contributed by atoms with E-state index in [0.29, 0.717) is 24.0 Å². The average Bonchev–Trinajstić information content (AvgIpc) is 2.72. The number of nitrogens with zero attached hydrogens (tertiary/aromatic N) is 1. The van der Waals surface area contributed by atoms with Gasteiger partial charge in [0.15, 0.2) is 0 Å². The fraction of sp³-hybridized carbons (Fsp3) is 0.238. The quantitative estimate of drug-likeness (QED) is 0.452. The van der Waals surface area contributed by atoms with E-state index in [4.69, 9.17) is 9.15 Å². The number of hydrogen-bond acceptors (Lipinski definition) is 7. The third-order valence-corrected chi connectivity index (χ3v) is 6.67. The Morgan fingerprint density at radius 2 is 1.73 bits per heavy atom.